The highest BCUT2D eigenvalue weighted by atomic mass is 19.4. The van der Waals surface area contributed by atoms with Crippen molar-refractivity contribution in [2.45, 2.75) is 31.5 Å². The molecule has 3 heterocycles. The largest absolute Gasteiger partial charge is 0.472 e. The third kappa shape index (κ3) is 3.94. The second-order valence-corrected chi connectivity index (χ2v) is 6.12. The Morgan fingerprint density at radius 1 is 1.27 bits per heavy atom. The number of carbonyl (C=O) groups is 3. The van der Waals surface area contributed by atoms with Crippen molar-refractivity contribution < 1.29 is 32.3 Å². The van der Waals surface area contributed by atoms with E-state index in [9.17, 15) is 27.6 Å². The van der Waals surface area contributed by atoms with E-state index in [1.54, 1.807) is 0 Å². The summed E-state index contributed by atoms with van der Waals surface area (Å²) >= 11 is 0. The van der Waals surface area contributed by atoms with E-state index in [-0.39, 0.29) is 43.6 Å². The van der Waals surface area contributed by atoms with Gasteiger partial charge in [-0.2, -0.15) is 13.2 Å². The van der Waals surface area contributed by atoms with Gasteiger partial charge < -0.3 is 9.64 Å². The van der Waals surface area contributed by atoms with Crippen LogP contribution in [0.1, 0.15) is 24.8 Å². The maximum absolute atomic E-state index is 12.7. The number of nitrogens with zero attached hydrogens (tertiary/aromatic N) is 3. The van der Waals surface area contributed by atoms with Gasteiger partial charge in [-0.3, -0.25) is 19.3 Å². The molecule has 2 fully saturated rings. The second-order valence-electron chi connectivity index (χ2n) is 6.12. The van der Waals surface area contributed by atoms with Crippen LogP contribution in [0, 0.1) is 0 Å². The van der Waals surface area contributed by atoms with Gasteiger partial charge in [0, 0.05) is 38.1 Å². The van der Waals surface area contributed by atoms with Gasteiger partial charge in [0.15, 0.2) is 0 Å². The first-order valence-electron chi connectivity index (χ1n) is 8.05. The van der Waals surface area contributed by atoms with Gasteiger partial charge in [0.05, 0.1) is 12.1 Å². The zero-order valence-electron chi connectivity index (χ0n) is 13.7. The van der Waals surface area contributed by atoms with Crippen LogP contribution in [0.25, 0.3) is 0 Å². The Morgan fingerprint density at radius 3 is 2.62 bits per heavy atom. The fraction of sp³-hybridized carbons (Fsp3) is 0.500. The van der Waals surface area contributed by atoms with Gasteiger partial charge in [0.1, 0.15) is 12.6 Å². The molecular weight excluding hydrogens is 355 g/mol. The number of pyridine rings is 1. The molecule has 3 rings (SSSR count). The first-order valence-corrected chi connectivity index (χ1v) is 8.05. The molecule has 1 aromatic heterocycles. The summed E-state index contributed by atoms with van der Waals surface area (Å²) in [5.74, 6) is -1.30. The summed E-state index contributed by atoms with van der Waals surface area (Å²) in [6.07, 6.45) is -3.34. The van der Waals surface area contributed by atoms with E-state index in [1.807, 2.05) is 0 Å². The molecule has 1 aromatic rings. The molecule has 140 valence electrons. The number of hydrogen-bond acceptors (Lipinski definition) is 5. The van der Waals surface area contributed by atoms with Crippen molar-refractivity contribution in [2.75, 3.05) is 19.6 Å². The van der Waals surface area contributed by atoms with E-state index in [0.717, 1.165) is 23.2 Å². The first-order chi connectivity index (χ1) is 12.2. The van der Waals surface area contributed by atoms with Crippen molar-refractivity contribution in [1.29, 1.82) is 0 Å². The minimum atomic E-state index is -4.49. The lowest BCUT2D eigenvalue weighted by molar-refractivity contribution is -0.145. The first kappa shape index (κ1) is 18.2. The normalized spacial score (nSPS) is 20.8. The fourth-order valence-corrected chi connectivity index (χ4v) is 2.91. The molecule has 2 aliphatic heterocycles. The lowest BCUT2D eigenvalue weighted by Gasteiger charge is -2.20. The Bertz CT molecular complexity index is 722. The quantitative estimate of drug-likeness (QED) is 0.744. The number of amides is 3. The topological polar surface area (TPSA) is 79.8 Å². The molecule has 0 spiro atoms. The summed E-state index contributed by atoms with van der Waals surface area (Å²) in [6.45, 7) is 0.178. The van der Waals surface area contributed by atoms with E-state index in [2.05, 4.69) is 4.98 Å². The number of halogens is 3. The number of likely N-dealkylation sites (tertiary alicyclic amines) is 2. The number of hydrogen-bond donors (Lipinski definition) is 0. The summed E-state index contributed by atoms with van der Waals surface area (Å²) in [4.78, 5) is 41.5. The predicted molar refractivity (Wildman–Crippen MR) is 80.8 cm³/mol. The molecule has 0 aliphatic carbocycles. The second kappa shape index (κ2) is 6.93. The van der Waals surface area contributed by atoms with Crippen LogP contribution < -0.4 is 4.74 Å². The molecule has 0 saturated carbocycles. The van der Waals surface area contributed by atoms with Gasteiger partial charge >= 0.3 is 6.18 Å². The van der Waals surface area contributed by atoms with E-state index < -0.39 is 23.8 Å². The van der Waals surface area contributed by atoms with Crippen LogP contribution in [0.2, 0.25) is 0 Å². The van der Waals surface area contributed by atoms with Crippen molar-refractivity contribution in [3.63, 3.8) is 0 Å². The van der Waals surface area contributed by atoms with Crippen LogP contribution in [0.15, 0.2) is 18.3 Å². The standard InChI is InChI=1S/C16H16F3N3O4/c17-16(18,19)10-3-5-20-12(7-10)26-11-4-6-21(8-11)15(25)9-22-13(23)1-2-14(22)24/h3,5,7,11H,1-2,4,6,8-9H2/t11-/m1/s1. The van der Waals surface area contributed by atoms with Crippen molar-refractivity contribution in [3.05, 3.63) is 23.9 Å². The third-order valence-electron chi connectivity index (χ3n) is 4.30. The molecule has 26 heavy (non-hydrogen) atoms. The highest BCUT2D eigenvalue weighted by Gasteiger charge is 2.35. The average Bonchev–Trinajstić information content (AvgIpc) is 3.16. The van der Waals surface area contributed by atoms with Crippen LogP contribution in [-0.4, -0.2) is 58.2 Å². The maximum atomic E-state index is 12.7. The van der Waals surface area contributed by atoms with Crippen molar-refractivity contribution in [2.24, 2.45) is 0 Å². The van der Waals surface area contributed by atoms with Crippen LogP contribution in [0.3, 0.4) is 0 Å². The van der Waals surface area contributed by atoms with Gasteiger partial charge in [0.2, 0.25) is 23.6 Å². The minimum Gasteiger partial charge on any atom is -0.472 e. The van der Waals surface area contributed by atoms with E-state index >= 15 is 0 Å². The van der Waals surface area contributed by atoms with Crippen molar-refractivity contribution in [3.8, 4) is 5.88 Å². The molecule has 0 aromatic carbocycles. The lowest BCUT2D eigenvalue weighted by Crippen LogP contribution is -2.42. The van der Waals surface area contributed by atoms with Gasteiger partial charge in [0.25, 0.3) is 0 Å². The number of aromatic nitrogens is 1. The number of alkyl halides is 3. The van der Waals surface area contributed by atoms with Crippen LogP contribution in [0.5, 0.6) is 5.88 Å². The molecule has 2 aliphatic rings. The maximum Gasteiger partial charge on any atom is 0.416 e. The summed E-state index contributed by atoms with van der Waals surface area (Å²) in [5, 5.41) is 0. The van der Waals surface area contributed by atoms with Gasteiger partial charge in [-0.15, -0.1) is 0 Å². The fourth-order valence-electron chi connectivity index (χ4n) is 2.91. The van der Waals surface area contributed by atoms with Gasteiger partial charge in [-0.25, -0.2) is 4.98 Å². The Morgan fingerprint density at radius 2 is 1.96 bits per heavy atom. The number of carbonyl (C=O) groups excluding carboxylic acids is 3. The number of ether oxygens (including phenoxy) is 1. The molecule has 10 heteroatoms. The molecular formula is C16H16F3N3O4. The zero-order valence-corrected chi connectivity index (χ0v) is 13.7. The third-order valence-corrected chi connectivity index (χ3v) is 4.30. The summed E-state index contributed by atoms with van der Waals surface area (Å²) < 4.78 is 43.6. The lowest BCUT2D eigenvalue weighted by atomic mass is 10.2. The summed E-state index contributed by atoms with van der Waals surface area (Å²) in [7, 11) is 0. The number of rotatable bonds is 4. The minimum absolute atomic E-state index is 0.110. The van der Waals surface area contributed by atoms with Gasteiger partial charge in [-0.1, -0.05) is 0 Å². The average molecular weight is 371 g/mol. The molecule has 1 atom stereocenters. The molecule has 2 saturated heterocycles. The van der Waals surface area contributed by atoms with Gasteiger partial charge in [-0.05, 0) is 6.07 Å². The molecule has 0 radical (unpaired) electrons. The Labute approximate surface area is 146 Å². The van der Waals surface area contributed by atoms with E-state index in [1.165, 1.54) is 4.90 Å². The van der Waals surface area contributed by atoms with Crippen molar-refractivity contribution in [1.82, 2.24) is 14.8 Å². The zero-order chi connectivity index (χ0) is 18.9. The Hall–Kier alpha value is -2.65. The molecule has 0 unspecified atom stereocenters. The van der Waals surface area contributed by atoms with Crippen LogP contribution in [0.4, 0.5) is 13.2 Å². The SMILES string of the molecule is O=C(CN1C(=O)CCC1=O)N1CC[C@@H](Oc2cc(C(F)(F)F)ccn2)C1. The van der Waals surface area contributed by atoms with E-state index in [0.29, 0.717) is 13.0 Å². The van der Waals surface area contributed by atoms with Crippen molar-refractivity contribution >= 4 is 17.7 Å². The highest BCUT2D eigenvalue weighted by molar-refractivity contribution is 6.04. The Balaban J connectivity index is 1.56. The van der Waals surface area contributed by atoms with E-state index in [4.69, 9.17) is 4.74 Å². The summed E-state index contributed by atoms with van der Waals surface area (Å²) in [5.41, 5.74) is -0.862. The van der Waals surface area contributed by atoms with Crippen LogP contribution in [-0.2, 0) is 20.6 Å². The Kier molecular flexibility index (Phi) is 4.84. The number of imide groups is 1. The monoisotopic (exact) mass is 371 g/mol. The predicted octanol–water partition coefficient (Wildman–Crippen LogP) is 1.23. The molecule has 7 nitrogen and oxygen atoms in total. The summed E-state index contributed by atoms with van der Waals surface area (Å²) in [6, 6.07) is 1.66. The molecule has 0 bridgehead atoms. The highest BCUT2D eigenvalue weighted by Crippen LogP contribution is 2.31. The molecule has 0 N–H and O–H groups in total. The molecule has 3 amide bonds. The smallest absolute Gasteiger partial charge is 0.416 e. The van der Waals surface area contributed by atoms with Crippen LogP contribution >= 0.6 is 0 Å².